The molecule has 0 spiro atoms. The Morgan fingerprint density at radius 1 is 0.250 bits per heavy atom. The summed E-state index contributed by atoms with van der Waals surface area (Å²) in [5.74, 6) is 0. The zero-order valence-electron chi connectivity index (χ0n) is 19.9. The molecule has 168 valence electrons. The Morgan fingerprint density at radius 2 is 0.750 bits per heavy atom. The van der Waals surface area contributed by atoms with E-state index in [0.29, 0.717) is 0 Å². The van der Waals surface area contributed by atoms with E-state index >= 15 is 0 Å². The molecule has 0 atom stereocenters. The van der Waals surface area contributed by atoms with Crippen molar-refractivity contribution in [2.75, 3.05) is 0 Å². The van der Waals surface area contributed by atoms with Gasteiger partial charge in [-0.2, -0.15) is 0 Å². The van der Waals surface area contributed by atoms with Crippen molar-refractivity contribution in [1.82, 2.24) is 0 Å². The number of rotatable bonds is 3. The minimum atomic E-state index is 1.24. The van der Waals surface area contributed by atoms with E-state index in [2.05, 4.69) is 146 Å². The van der Waals surface area contributed by atoms with Crippen LogP contribution in [0.3, 0.4) is 0 Å². The molecule has 0 unspecified atom stereocenters. The molecule has 0 saturated heterocycles. The first-order chi connectivity index (χ1) is 17.8. The Labute approximate surface area is 211 Å². The van der Waals surface area contributed by atoms with E-state index in [4.69, 9.17) is 0 Å². The Bertz CT molecular complexity index is 1820. The molecule has 0 aliphatic heterocycles. The Morgan fingerprint density at radius 3 is 1.44 bits per heavy atom. The van der Waals surface area contributed by atoms with Gasteiger partial charge in [0.25, 0.3) is 0 Å². The van der Waals surface area contributed by atoms with E-state index in [1.807, 2.05) is 0 Å². The second-order valence-corrected chi connectivity index (χ2v) is 9.42. The molecule has 36 heavy (non-hydrogen) atoms. The molecule has 0 aliphatic carbocycles. The zero-order valence-corrected chi connectivity index (χ0v) is 19.9. The third kappa shape index (κ3) is 3.56. The second-order valence-electron chi connectivity index (χ2n) is 9.42. The van der Waals surface area contributed by atoms with E-state index in [9.17, 15) is 0 Å². The number of fused-ring (bicyclic) bond motifs is 3. The first-order valence-electron chi connectivity index (χ1n) is 12.4. The van der Waals surface area contributed by atoms with Crippen LogP contribution in [0.5, 0.6) is 0 Å². The second kappa shape index (κ2) is 8.52. The van der Waals surface area contributed by atoms with Crippen molar-refractivity contribution in [2.24, 2.45) is 0 Å². The fourth-order valence-electron chi connectivity index (χ4n) is 5.41. The predicted octanol–water partition coefficient (Wildman–Crippen LogP) is 10.1. The van der Waals surface area contributed by atoms with Crippen LogP contribution >= 0.6 is 0 Å². The molecule has 0 fully saturated rings. The van der Waals surface area contributed by atoms with Gasteiger partial charge in [-0.1, -0.05) is 121 Å². The van der Waals surface area contributed by atoms with Gasteiger partial charge in [-0.15, -0.1) is 0 Å². The molecule has 0 saturated carbocycles. The van der Waals surface area contributed by atoms with Crippen LogP contribution in [0.25, 0.3) is 65.7 Å². The summed E-state index contributed by atoms with van der Waals surface area (Å²) in [6, 6.07) is 52.8. The van der Waals surface area contributed by atoms with Gasteiger partial charge < -0.3 is 0 Å². The van der Waals surface area contributed by atoms with Crippen LogP contribution in [0, 0.1) is 0 Å². The van der Waals surface area contributed by atoms with Gasteiger partial charge >= 0.3 is 0 Å². The fourth-order valence-corrected chi connectivity index (χ4v) is 5.41. The molecule has 7 aromatic rings. The van der Waals surface area contributed by atoms with E-state index in [1.54, 1.807) is 0 Å². The maximum Gasteiger partial charge on any atom is -0.00266 e. The van der Waals surface area contributed by atoms with Gasteiger partial charge in [0.15, 0.2) is 0 Å². The third-order valence-corrected chi connectivity index (χ3v) is 7.20. The highest BCUT2D eigenvalue weighted by Gasteiger charge is 2.11. The Kier molecular flexibility index (Phi) is 4.89. The van der Waals surface area contributed by atoms with Crippen molar-refractivity contribution < 1.29 is 0 Å². The molecule has 0 aromatic heterocycles. The van der Waals surface area contributed by atoms with Gasteiger partial charge in [-0.25, -0.2) is 0 Å². The van der Waals surface area contributed by atoms with Gasteiger partial charge in [0, 0.05) is 0 Å². The highest BCUT2D eigenvalue weighted by Crippen LogP contribution is 2.38. The lowest BCUT2D eigenvalue weighted by molar-refractivity contribution is 1.60. The van der Waals surface area contributed by atoms with Crippen LogP contribution in [0.15, 0.2) is 146 Å². The third-order valence-electron chi connectivity index (χ3n) is 7.20. The molecule has 0 nitrogen and oxygen atoms in total. The minimum absolute atomic E-state index is 1.24. The van der Waals surface area contributed by atoms with Crippen LogP contribution in [0.4, 0.5) is 0 Å². The summed E-state index contributed by atoms with van der Waals surface area (Å²) < 4.78 is 0. The van der Waals surface area contributed by atoms with Crippen LogP contribution in [-0.4, -0.2) is 0 Å². The summed E-state index contributed by atoms with van der Waals surface area (Å²) in [5, 5.41) is 7.66. The number of benzene rings is 7. The Hall–Kier alpha value is -4.68. The van der Waals surface area contributed by atoms with Crippen molar-refractivity contribution in [2.45, 2.75) is 0 Å². The summed E-state index contributed by atoms with van der Waals surface area (Å²) >= 11 is 0. The molecule has 0 heteroatoms. The first-order valence-corrected chi connectivity index (χ1v) is 12.4. The van der Waals surface area contributed by atoms with Crippen molar-refractivity contribution in [3.05, 3.63) is 146 Å². The van der Waals surface area contributed by atoms with E-state index < -0.39 is 0 Å². The molecule has 0 aliphatic rings. The van der Waals surface area contributed by atoms with Gasteiger partial charge in [0.2, 0.25) is 0 Å². The highest BCUT2D eigenvalue weighted by atomic mass is 14.1. The molecule has 0 bridgehead atoms. The summed E-state index contributed by atoms with van der Waals surface area (Å²) in [7, 11) is 0. The van der Waals surface area contributed by atoms with E-state index in [0.717, 1.165) is 0 Å². The minimum Gasteiger partial charge on any atom is -0.0622 e. The molecule has 7 rings (SSSR count). The molecule has 7 aromatic carbocycles. The first kappa shape index (κ1) is 20.7. The highest BCUT2D eigenvalue weighted by molar-refractivity contribution is 6.13. The van der Waals surface area contributed by atoms with Crippen molar-refractivity contribution >= 4 is 32.3 Å². The average Bonchev–Trinajstić information content (AvgIpc) is 2.96. The standard InChI is InChI=1S/C36H24/c1-2-9-25(10-3-1)26-13-8-14-27(21-26)28-17-18-30-23-33(20-19-29(30)22-28)36-34-15-6-4-11-31(34)24-32-12-5-7-16-35(32)36/h1-24H. The summed E-state index contributed by atoms with van der Waals surface area (Å²) in [6.45, 7) is 0. The smallest absolute Gasteiger partial charge is 0.00266 e. The lowest BCUT2D eigenvalue weighted by atomic mass is 9.90. The molecule has 0 radical (unpaired) electrons. The summed E-state index contributed by atoms with van der Waals surface area (Å²) in [5.41, 5.74) is 7.53. The molecule has 0 heterocycles. The van der Waals surface area contributed by atoms with Gasteiger partial charge in [-0.3, -0.25) is 0 Å². The van der Waals surface area contributed by atoms with Crippen LogP contribution in [0.2, 0.25) is 0 Å². The van der Waals surface area contributed by atoms with Crippen molar-refractivity contribution in [3.63, 3.8) is 0 Å². The van der Waals surface area contributed by atoms with Gasteiger partial charge in [0.1, 0.15) is 0 Å². The van der Waals surface area contributed by atoms with Crippen LogP contribution in [-0.2, 0) is 0 Å². The van der Waals surface area contributed by atoms with E-state index in [-0.39, 0.29) is 0 Å². The fraction of sp³-hybridized carbons (Fsp3) is 0. The summed E-state index contributed by atoms with van der Waals surface area (Å²) in [6.07, 6.45) is 0. The lowest BCUT2D eigenvalue weighted by Crippen LogP contribution is -1.86. The van der Waals surface area contributed by atoms with E-state index in [1.165, 1.54) is 65.7 Å². The van der Waals surface area contributed by atoms with Gasteiger partial charge in [0.05, 0.1) is 0 Å². The monoisotopic (exact) mass is 456 g/mol. The number of hydrogen-bond donors (Lipinski definition) is 0. The molecule has 0 N–H and O–H groups in total. The van der Waals surface area contributed by atoms with Gasteiger partial charge in [-0.05, 0) is 90.0 Å². The number of hydrogen-bond acceptors (Lipinski definition) is 0. The van der Waals surface area contributed by atoms with Crippen molar-refractivity contribution in [3.8, 4) is 33.4 Å². The Balaban J connectivity index is 1.35. The van der Waals surface area contributed by atoms with Crippen molar-refractivity contribution in [1.29, 1.82) is 0 Å². The molecular weight excluding hydrogens is 432 g/mol. The predicted molar refractivity (Wildman–Crippen MR) is 155 cm³/mol. The maximum atomic E-state index is 2.34. The molecule has 0 amide bonds. The summed E-state index contributed by atoms with van der Waals surface area (Å²) in [4.78, 5) is 0. The maximum absolute atomic E-state index is 2.34. The SMILES string of the molecule is c1ccc(-c2cccc(-c3ccc4cc(-c5c6ccccc6cc6ccccc56)ccc4c3)c2)cc1. The topological polar surface area (TPSA) is 0 Å². The normalized spacial score (nSPS) is 11.3. The lowest BCUT2D eigenvalue weighted by Gasteiger charge is -2.13. The average molecular weight is 457 g/mol. The molecular formula is C36H24. The quantitative estimate of drug-likeness (QED) is 0.232. The zero-order chi connectivity index (χ0) is 23.9. The van der Waals surface area contributed by atoms with Crippen LogP contribution in [0.1, 0.15) is 0 Å². The largest absolute Gasteiger partial charge is 0.0622 e. The van der Waals surface area contributed by atoms with Crippen LogP contribution < -0.4 is 0 Å².